The molecule has 2 aromatic rings. The lowest BCUT2D eigenvalue weighted by molar-refractivity contribution is -0.192. The van der Waals surface area contributed by atoms with Gasteiger partial charge in [-0.25, -0.2) is 9.59 Å². The lowest BCUT2D eigenvalue weighted by atomic mass is 9.90. The number of pyridine rings is 1. The second-order valence-corrected chi connectivity index (χ2v) is 6.92. The van der Waals surface area contributed by atoms with Crippen molar-refractivity contribution in [3.63, 3.8) is 0 Å². The average Bonchev–Trinajstić information content (AvgIpc) is 2.80. The summed E-state index contributed by atoms with van der Waals surface area (Å²) in [6.07, 6.45) is -2.57. The molecule has 12 heteroatoms. The number of urea groups is 1. The Balaban J connectivity index is 0.000000479. The van der Waals surface area contributed by atoms with E-state index in [0.717, 1.165) is 25.2 Å². The van der Waals surface area contributed by atoms with Crippen LogP contribution in [0.2, 0.25) is 0 Å². The third-order valence-corrected chi connectivity index (χ3v) is 4.69. The predicted molar refractivity (Wildman–Crippen MR) is 112 cm³/mol. The van der Waals surface area contributed by atoms with Crippen LogP contribution >= 0.6 is 0 Å². The Labute approximate surface area is 187 Å². The number of ether oxygens (including phenoxy) is 1. The minimum Gasteiger partial charge on any atom is -0.495 e. The summed E-state index contributed by atoms with van der Waals surface area (Å²) in [4.78, 5) is 25.7. The van der Waals surface area contributed by atoms with Gasteiger partial charge in [0.2, 0.25) is 0 Å². The van der Waals surface area contributed by atoms with Crippen molar-refractivity contribution in [3.05, 3.63) is 53.9 Å². The Kier molecular flexibility index (Phi) is 8.99. The molecule has 1 fully saturated rings. The summed E-state index contributed by atoms with van der Waals surface area (Å²) in [5, 5.41) is 25.2. The smallest absolute Gasteiger partial charge is 0.490 e. The number of hydrogen-bond donors (Lipinski definition) is 4. The number of halogens is 3. The SMILES string of the molecule is COc1ccc(C2CNCCC2NC(=O)Nc2ccc(C#N)cc2)nc1.O=C(O)C(F)(F)F. The number of rotatable bonds is 4. The quantitative estimate of drug-likeness (QED) is 0.545. The number of carbonyl (C=O) groups is 2. The number of nitrogens with one attached hydrogen (secondary N) is 3. The number of alkyl halides is 3. The first-order valence-electron chi connectivity index (χ1n) is 9.72. The first-order chi connectivity index (χ1) is 15.6. The van der Waals surface area contributed by atoms with Crippen molar-refractivity contribution < 1.29 is 32.6 Å². The van der Waals surface area contributed by atoms with Gasteiger partial charge in [0, 0.05) is 29.9 Å². The van der Waals surface area contributed by atoms with Gasteiger partial charge in [0.05, 0.1) is 24.9 Å². The molecule has 1 aromatic carbocycles. The Bertz CT molecular complexity index is 975. The molecular formula is C21H22F3N5O4. The van der Waals surface area contributed by atoms with E-state index in [4.69, 9.17) is 19.9 Å². The lowest BCUT2D eigenvalue weighted by Gasteiger charge is -2.32. The highest BCUT2D eigenvalue weighted by Crippen LogP contribution is 2.24. The van der Waals surface area contributed by atoms with E-state index in [2.05, 4.69) is 27.0 Å². The van der Waals surface area contributed by atoms with Crippen LogP contribution in [-0.4, -0.2) is 54.5 Å². The van der Waals surface area contributed by atoms with Crippen molar-refractivity contribution in [3.8, 4) is 11.8 Å². The first kappa shape index (κ1) is 25.4. The fourth-order valence-electron chi connectivity index (χ4n) is 3.04. The molecule has 2 heterocycles. The summed E-state index contributed by atoms with van der Waals surface area (Å²) in [5.74, 6) is -1.96. The highest BCUT2D eigenvalue weighted by Gasteiger charge is 2.38. The molecule has 176 valence electrons. The number of nitrogens with zero attached hydrogens (tertiary/aromatic N) is 2. The second kappa shape index (κ2) is 11.7. The molecule has 0 radical (unpaired) electrons. The Morgan fingerprint density at radius 2 is 1.91 bits per heavy atom. The molecule has 9 nitrogen and oxygen atoms in total. The molecule has 0 spiro atoms. The van der Waals surface area contributed by atoms with E-state index in [1.165, 1.54) is 0 Å². The zero-order valence-electron chi connectivity index (χ0n) is 17.5. The number of piperidine rings is 1. The number of aliphatic carboxylic acids is 1. The van der Waals surface area contributed by atoms with Gasteiger partial charge in [-0.3, -0.25) is 4.98 Å². The van der Waals surface area contributed by atoms with E-state index in [1.54, 1.807) is 37.6 Å². The highest BCUT2D eigenvalue weighted by atomic mass is 19.4. The molecular weight excluding hydrogens is 443 g/mol. The standard InChI is InChI=1S/C19H21N5O2.C2HF3O2/c1-26-15-6-7-17(22-11-15)16-12-21-9-8-18(16)24-19(25)23-14-4-2-13(10-20)3-5-14;3-2(4,5)1(6)7/h2-7,11,16,18,21H,8-9,12H2,1H3,(H2,23,24,25);(H,6,7). The maximum atomic E-state index is 12.4. The van der Waals surface area contributed by atoms with Crippen molar-refractivity contribution in [2.45, 2.75) is 24.6 Å². The number of aromatic nitrogens is 1. The predicted octanol–water partition coefficient (Wildman–Crippen LogP) is 2.86. The summed E-state index contributed by atoms with van der Waals surface area (Å²) in [5.41, 5.74) is 2.12. The Hall–Kier alpha value is -3.85. The van der Waals surface area contributed by atoms with Gasteiger partial charge in [-0.1, -0.05) is 0 Å². The van der Waals surface area contributed by atoms with Gasteiger partial charge >= 0.3 is 18.2 Å². The van der Waals surface area contributed by atoms with Gasteiger partial charge in [0.1, 0.15) is 5.75 Å². The lowest BCUT2D eigenvalue weighted by Crippen LogP contribution is -2.49. The van der Waals surface area contributed by atoms with Gasteiger partial charge in [0.25, 0.3) is 0 Å². The van der Waals surface area contributed by atoms with E-state index in [0.29, 0.717) is 17.0 Å². The molecule has 0 saturated carbocycles. The van der Waals surface area contributed by atoms with Crippen LogP contribution in [0, 0.1) is 11.3 Å². The highest BCUT2D eigenvalue weighted by molar-refractivity contribution is 5.89. The molecule has 1 saturated heterocycles. The molecule has 4 N–H and O–H groups in total. The number of benzene rings is 1. The summed E-state index contributed by atoms with van der Waals surface area (Å²) in [6, 6.07) is 12.4. The summed E-state index contributed by atoms with van der Waals surface area (Å²) in [6.45, 7) is 1.59. The molecule has 0 aliphatic carbocycles. The van der Waals surface area contributed by atoms with E-state index in [9.17, 15) is 18.0 Å². The normalized spacial score (nSPS) is 17.5. The van der Waals surface area contributed by atoms with E-state index in [-0.39, 0.29) is 18.0 Å². The van der Waals surface area contributed by atoms with Crippen molar-refractivity contribution in [1.29, 1.82) is 5.26 Å². The van der Waals surface area contributed by atoms with Gasteiger partial charge in [0.15, 0.2) is 0 Å². The Morgan fingerprint density at radius 1 is 1.24 bits per heavy atom. The molecule has 1 aromatic heterocycles. The third kappa shape index (κ3) is 7.97. The van der Waals surface area contributed by atoms with Crippen LogP contribution in [0.5, 0.6) is 5.75 Å². The average molecular weight is 465 g/mol. The molecule has 0 bridgehead atoms. The van der Waals surface area contributed by atoms with Crippen LogP contribution in [0.15, 0.2) is 42.6 Å². The molecule has 2 amide bonds. The van der Waals surface area contributed by atoms with Gasteiger partial charge in [-0.05, 0) is 49.4 Å². The number of nitriles is 1. The van der Waals surface area contributed by atoms with Crippen molar-refractivity contribution in [2.75, 3.05) is 25.5 Å². The van der Waals surface area contributed by atoms with Crippen LogP contribution in [0.1, 0.15) is 23.6 Å². The van der Waals surface area contributed by atoms with Crippen LogP contribution in [0.3, 0.4) is 0 Å². The number of carboxylic acid groups (broad SMARTS) is 1. The molecule has 33 heavy (non-hydrogen) atoms. The maximum Gasteiger partial charge on any atom is 0.490 e. The van der Waals surface area contributed by atoms with Crippen LogP contribution < -0.4 is 20.7 Å². The number of hydrogen-bond acceptors (Lipinski definition) is 6. The first-order valence-corrected chi connectivity index (χ1v) is 9.72. The van der Waals surface area contributed by atoms with Crippen molar-refractivity contribution in [2.24, 2.45) is 0 Å². The number of carbonyl (C=O) groups excluding carboxylic acids is 1. The zero-order chi connectivity index (χ0) is 24.4. The largest absolute Gasteiger partial charge is 0.495 e. The van der Waals surface area contributed by atoms with Crippen LogP contribution in [0.4, 0.5) is 23.7 Å². The fraction of sp³-hybridized carbons (Fsp3) is 0.333. The van der Waals surface area contributed by atoms with Crippen molar-refractivity contribution >= 4 is 17.7 Å². The van der Waals surface area contributed by atoms with E-state index in [1.807, 2.05) is 12.1 Å². The van der Waals surface area contributed by atoms with Crippen LogP contribution in [0.25, 0.3) is 0 Å². The number of amides is 2. The van der Waals surface area contributed by atoms with Gasteiger partial charge in [-0.15, -0.1) is 0 Å². The summed E-state index contributed by atoms with van der Waals surface area (Å²) < 4.78 is 36.9. The topological polar surface area (TPSA) is 136 Å². The minimum absolute atomic E-state index is 0.0180. The number of carboxylic acids is 1. The maximum absolute atomic E-state index is 12.4. The van der Waals surface area contributed by atoms with E-state index < -0.39 is 12.1 Å². The molecule has 1 aliphatic heterocycles. The monoisotopic (exact) mass is 465 g/mol. The number of methoxy groups -OCH3 is 1. The van der Waals surface area contributed by atoms with E-state index >= 15 is 0 Å². The molecule has 1 aliphatic rings. The Morgan fingerprint density at radius 3 is 2.42 bits per heavy atom. The second-order valence-electron chi connectivity index (χ2n) is 6.92. The fourth-order valence-corrected chi connectivity index (χ4v) is 3.04. The third-order valence-electron chi connectivity index (χ3n) is 4.69. The summed E-state index contributed by atoms with van der Waals surface area (Å²) >= 11 is 0. The van der Waals surface area contributed by atoms with Gasteiger partial charge < -0.3 is 25.8 Å². The molecule has 2 unspecified atom stereocenters. The zero-order valence-corrected chi connectivity index (χ0v) is 17.5. The van der Waals surface area contributed by atoms with Crippen molar-refractivity contribution in [1.82, 2.24) is 15.6 Å². The molecule has 3 rings (SSSR count). The van der Waals surface area contributed by atoms with Gasteiger partial charge in [-0.2, -0.15) is 18.4 Å². The number of anilines is 1. The minimum atomic E-state index is -5.08. The van der Waals surface area contributed by atoms with Crippen LogP contribution in [-0.2, 0) is 4.79 Å². The molecule has 2 atom stereocenters. The summed E-state index contributed by atoms with van der Waals surface area (Å²) in [7, 11) is 1.61.